The van der Waals surface area contributed by atoms with Crippen molar-refractivity contribution >= 4 is 0 Å². The third-order valence-electron chi connectivity index (χ3n) is 3.16. The summed E-state index contributed by atoms with van der Waals surface area (Å²) >= 11 is 0. The summed E-state index contributed by atoms with van der Waals surface area (Å²) < 4.78 is 16.8. The fourth-order valence-corrected chi connectivity index (χ4v) is 2.10. The van der Waals surface area contributed by atoms with E-state index in [1.54, 1.807) is 18.3 Å². The number of hydrogen-bond acceptors (Lipinski definition) is 5. The molecule has 118 valence electrons. The molecule has 0 aliphatic rings. The Bertz CT molecular complexity index is 740. The van der Waals surface area contributed by atoms with Crippen LogP contribution in [0.3, 0.4) is 0 Å². The fraction of sp³-hybridized carbons (Fsp3) is 0.167. The zero-order valence-corrected chi connectivity index (χ0v) is 12.5. The lowest BCUT2D eigenvalue weighted by Crippen LogP contribution is -2.04. The Morgan fingerprint density at radius 3 is 2.35 bits per heavy atom. The van der Waals surface area contributed by atoms with Crippen LogP contribution in [0.2, 0.25) is 0 Å². The monoisotopic (exact) mass is 311 g/mol. The molecule has 3 rings (SSSR count). The van der Waals surface area contributed by atoms with Gasteiger partial charge in [-0.05, 0) is 12.1 Å². The van der Waals surface area contributed by atoms with Crippen molar-refractivity contribution in [2.45, 2.75) is 6.61 Å². The Hall–Kier alpha value is -2.79. The molecule has 0 saturated heterocycles. The van der Waals surface area contributed by atoms with Gasteiger partial charge in [0.25, 0.3) is 0 Å². The second kappa shape index (κ2) is 7.47. The maximum atomic E-state index is 8.85. The van der Waals surface area contributed by atoms with Crippen LogP contribution in [0.25, 0.3) is 11.3 Å². The number of nitrogens with zero attached hydrogens (tertiary/aromatic N) is 1. The predicted octanol–water partition coefficient (Wildman–Crippen LogP) is 3.29. The summed E-state index contributed by atoms with van der Waals surface area (Å²) in [4.78, 5) is 4.23. The molecule has 0 spiro atoms. The lowest BCUT2D eigenvalue weighted by Gasteiger charge is -2.10. The number of aliphatic hydroxyl groups excluding tert-OH is 1. The van der Waals surface area contributed by atoms with E-state index in [-0.39, 0.29) is 19.8 Å². The molecule has 0 radical (unpaired) electrons. The Labute approximate surface area is 134 Å². The normalized spacial score (nSPS) is 10.5. The number of para-hydroxylation sites is 2. The number of benzene rings is 2. The lowest BCUT2D eigenvalue weighted by molar-refractivity contribution is 0.189. The van der Waals surface area contributed by atoms with E-state index in [2.05, 4.69) is 4.98 Å². The molecule has 1 aromatic heterocycles. The van der Waals surface area contributed by atoms with Crippen LogP contribution >= 0.6 is 0 Å². The van der Waals surface area contributed by atoms with Crippen LogP contribution in [0.5, 0.6) is 11.5 Å². The van der Waals surface area contributed by atoms with Crippen LogP contribution in [0, 0.1) is 0 Å². The van der Waals surface area contributed by atoms with Gasteiger partial charge in [-0.2, -0.15) is 0 Å². The van der Waals surface area contributed by atoms with Crippen molar-refractivity contribution in [3.05, 3.63) is 66.7 Å². The average Bonchev–Trinajstić information content (AvgIpc) is 3.08. The first-order valence-corrected chi connectivity index (χ1v) is 7.32. The number of hydrogen-bond donors (Lipinski definition) is 1. The largest absolute Gasteiger partial charge is 0.487 e. The minimum Gasteiger partial charge on any atom is -0.487 e. The highest BCUT2D eigenvalue weighted by molar-refractivity contribution is 5.55. The quantitative estimate of drug-likeness (QED) is 0.725. The summed E-state index contributed by atoms with van der Waals surface area (Å²) in [6, 6.07) is 17.1. The molecular weight excluding hydrogens is 294 g/mol. The van der Waals surface area contributed by atoms with Gasteiger partial charge in [-0.1, -0.05) is 42.5 Å². The van der Waals surface area contributed by atoms with Crippen LogP contribution < -0.4 is 9.47 Å². The Morgan fingerprint density at radius 1 is 0.913 bits per heavy atom. The SMILES string of the molecule is OCCOc1ccccc1OCc1ncc(-c2ccccc2)o1. The molecule has 0 bridgehead atoms. The van der Waals surface area contributed by atoms with Crippen molar-refractivity contribution in [1.82, 2.24) is 4.98 Å². The Balaban J connectivity index is 1.66. The van der Waals surface area contributed by atoms with E-state index in [4.69, 9.17) is 19.0 Å². The van der Waals surface area contributed by atoms with Crippen molar-refractivity contribution in [1.29, 1.82) is 0 Å². The number of aromatic nitrogens is 1. The van der Waals surface area contributed by atoms with Gasteiger partial charge in [0.2, 0.25) is 5.89 Å². The molecule has 0 saturated carbocycles. The lowest BCUT2D eigenvalue weighted by atomic mass is 10.2. The molecule has 0 unspecified atom stereocenters. The highest BCUT2D eigenvalue weighted by Crippen LogP contribution is 2.27. The summed E-state index contributed by atoms with van der Waals surface area (Å²) in [5.41, 5.74) is 0.970. The van der Waals surface area contributed by atoms with Crippen molar-refractivity contribution in [2.24, 2.45) is 0 Å². The summed E-state index contributed by atoms with van der Waals surface area (Å²) in [6.07, 6.45) is 1.68. The standard InChI is InChI=1S/C18H17NO4/c20-10-11-21-15-8-4-5-9-16(15)22-13-18-19-12-17(23-18)14-6-2-1-3-7-14/h1-9,12,20H,10-11,13H2. The summed E-state index contributed by atoms with van der Waals surface area (Å²) in [7, 11) is 0. The summed E-state index contributed by atoms with van der Waals surface area (Å²) in [5, 5.41) is 8.85. The molecule has 23 heavy (non-hydrogen) atoms. The maximum Gasteiger partial charge on any atom is 0.232 e. The molecule has 0 atom stereocenters. The van der Waals surface area contributed by atoms with Gasteiger partial charge in [0, 0.05) is 5.56 Å². The zero-order chi connectivity index (χ0) is 15.9. The van der Waals surface area contributed by atoms with Gasteiger partial charge in [-0.25, -0.2) is 4.98 Å². The molecule has 0 aliphatic heterocycles. The van der Waals surface area contributed by atoms with Crippen molar-refractivity contribution in [3.63, 3.8) is 0 Å². The molecule has 0 aliphatic carbocycles. The average molecular weight is 311 g/mol. The second-order valence-corrected chi connectivity index (χ2v) is 4.79. The van der Waals surface area contributed by atoms with E-state index < -0.39 is 0 Å². The number of rotatable bonds is 7. The van der Waals surface area contributed by atoms with E-state index in [0.717, 1.165) is 5.56 Å². The van der Waals surface area contributed by atoms with E-state index in [1.807, 2.05) is 42.5 Å². The summed E-state index contributed by atoms with van der Waals surface area (Å²) in [6.45, 7) is 0.373. The fourth-order valence-electron chi connectivity index (χ4n) is 2.10. The smallest absolute Gasteiger partial charge is 0.232 e. The Kier molecular flexibility index (Phi) is 4.91. The van der Waals surface area contributed by atoms with Crippen molar-refractivity contribution < 1.29 is 19.0 Å². The van der Waals surface area contributed by atoms with Gasteiger partial charge >= 0.3 is 0 Å². The topological polar surface area (TPSA) is 64.7 Å². The number of oxazole rings is 1. The van der Waals surface area contributed by atoms with Crippen LogP contribution in [-0.4, -0.2) is 23.3 Å². The van der Waals surface area contributed by atoms with Crippen molar-refractivity contribution in [2.75, 3.05) is 13.2 Å². The van der Waals surface area contributed by atoms with Gasteiger partial charge < -0.3 is 19.0 Å². The van der Waals surface area contributed by atoms with Crippen LogP contribution in [0.1, 0.15) is 5.89 Å². The molecule has 5 nitrogen and oxygen atoms in total. The highest BCUT2D eigenvalue weighted by atomic mass is 16.5. The summed E-state index contributed by atoms with van der Waals surface area (Å²) in [5.74, 6) is 2.35. The van der Waals surface area contributed by atoms with E-state index in [0.29, 0.717) is 23.1 Å². The van der Waals surface area contributed by atoms with E-state index in [1.165, 1.54) is 0 Å². The van der Waals surface area contributed by atoms with Crippen molar-refractivity contribution in [3.8, 4) is 22.8 Å². The molecule has 1 heterocycles. The van der Waals surface area contributed by atoms with Crippen LogP contribution in [-0.2, 0) is 6.61 Å². The van der Waals surface area contributed by atoms with Gasteiger partial charge in [0.05, 0.1) is 12.8 Å². The minimum absolute atomic E-state index is 0.0471. The highest BCUT2D eigenvalue weighted by Gasteiger charge is 2.09. The molecule has 3 aromatic rings. The first-order chi connectivity index (χ1) is 11.4. The predicted molar refractivity (Wildman–Crippen MR) is 85.3 cm³/mol. The maximum absolute atomic E-state index is 8.85. The molecule has 5 heteroatoms. The first-order valence-electron chi connectivity index (χ1n) is 7.32. The molecule has 2 aromatic carbocycles. The molecule has 0 fully saturated rings. The minimum atomic E-state index is -0.0471. The van der Waals surface area contributed by atoms with Gasteiger partial charge in [0.1, 0.15) is 6.61 Å². The molecule has 1 N–H and O–H groups in total. The third kappa shape index (κ3) is 3.90. The van der Waals surface area contributed by atoms with Crippen LogP contribution in [0.15, 0.2) is 65.2 Å². The molecular formula is C18H17NO4. The van der Waals surface area contributed by atoms with Crippen LogP contribution in [0.4, 0.5) is 0 Å². The Morgan fingerprint density at radius 2 is 1.61 bits per heavy atom. The van der Waals surface area contributed by atoms with Gasteiger partial charge in [0.15, 0.2) is 23.9 Å². The third-order valence-corrected chi connectivity index (χ3v) is 3.16. The van der Waals surface area contributed by atoms with Gasteiger partial charge in [-0.15, -0.1) is 0 Å². The first kappa shape index (κ1) is 15.1. The van der Waals surface area contributed by atoms with E-state index >= 15 is 0 Å². The zero-order valence-electron chi connectivity index (χ0n) is 12.5. The second-order valence-electron chi connectivity index (χ2n) is 4.79. The number of aliphatic hydroxyl groups is 1. The van der Waals surface area contributed by atoms with E-state index in [9.17, 15) is 0 Å². The number of ether oxygens (including phenoxy) is 2. The van der Waals surface area contributed by atoms with Gasteiger partial charge in [-0.3, -0.25) is 0 Å². The molecule has 0 amide bonds.